The molecule has 0 saturated heterocycles. The maximum absolute atomic E-state index is 13.9. The zero-order valence-corrected chi connectivity index (χ0v) is 20.2. The molecule has 36 heavy (non-hydrogen) atoms. The Morgan fingerprint density at radius 1 is 0.806 bits per heavy atom. The highest BCUT2D eigenvalue weighted by atomic mass is 16.1. The summed E-state index contributed by atoms with van der Waals surface area (Å²) < 4.78 is 0. The van der Waals surface area contributed by atoms with Crippen LogP contribution in [0.5, 0.6) is 0 Å². The van der Waals surface area contributed by atoms with Crippen LogP contribution in [0.2, 0.25) is 0 Å². The number of hydrogen-bond acceptors (Lipinski definition) is 2. The summed E-state index contributed by atoms with van der Waals surface area (Å²) >= 11 is 0. The van der Waals surface area contributed by atoms with Crippen molar-refractivity contribution in [2.75, 3.05) is 0 Å². The summed E-state index contributed by atoms with van der Waals surface area (Å²) in [4.78, 5) is 13.9. The summed E-state index contributed by atoms with van der Waals surface area (Å²) in [5.41, 5.74) is 7.77. The minimum absolute atomic E-state index is 0.0720. The summed E-state index contributed by atoms with van der Waals surface area (Å²) in [5, 5.41) is 6.06. The molecule has 4 atom stereocenters. The average Bonchev–Trinajstić information content (AvgIpc) is 3.77. The van der Waals surface area contributed by atoms with Crippen molar-refractivity contribution in [3.05, 3.63) is 130 Å². The molecule has 1 saturated carbocycles. The summed E-state index contributed by atoms with van der Waals surface area (Å²) in [6.45, 7) is 0. The number of hydrogen-bond donors (Lipinski definition) is 1. The Labute approximate surface area is 212 Å². The van der Waals surface area contributed by atoms with Crippen LogP contribution in [-0.4, -0.2) is 5.78 Å². The van der Waals surface area contributed by atoms with E-state index in [0.717, 1.165) is 19.3 Å². The molecule has 3 aliphatic carbocycles. The molecule has 3 aromatic carbocycles. The molecule has 0 amide bonds. The van der Waals surface area contributed by atoms with Gasteiger partial charge in [-0.15, -0.1) is 0 Å². The lowest BCUT2D eigenvalue weighted by atomic mass is 9.75. The number of Topliss-reactive ketones (excluding diaryl/α,β-unsaturated/α-hetero) is 1. The summed E-state index contributed by atoms with van der Waals surface area (Å²) in [5.74, 6) is 1.01. The van der Waals surface area contributed by atoms with Gasteiger partial charge in [0.15, 0.2) is 0 Å². The lowest BCUT2D eigenvalue weighted by Gasteiger charge is -2.30. The van der Waals surface area contributed by atoms with Gasteiger partial charge in [-0.3, -0.25) is 4.79 Å². The maximum Gasteiger partial charge on any atom is 0.143 e. The third-order valence-corrected chi connectivity index (χ3v) is 8.36. The number of fused-ring (bicyclic) bond motifs is 5. The molecule has 0 spiro atoms. The number of ketones is 1. The quantitative estimate of drug-likeness (QED) is 0.549. The molecule has 0 bridgehead atoms. The Kier molecular flexibility index (Phi) is 5.13. The number of allylic oxidation sites excluding steroid dienone is 5. The van der Waals surface area contributed by atoms with Gasteiger partial charge >= 0.3 is 0 Å². The molecule has 176 valence electrons. The van der Waals surface area contributed by atoms with Crippen molar-refractivity contribution in [1.82, 2.24) is 5.32 Å². The standard InChI is InChI=1S/C34H29NO/c36-34(32-21-29(32)22-9-3-1-4-10-22)24-19-30-27-15-14-23-11-6-7-12-25(23)26(27)16-17-28(30)31(20-24)33-13-5-2-8-18-35-33/h1-13,15-19,24,29,31-32,35H,14,20-21H2. The molecule has 1 aliphatic heterocycles. The summed E-state index contributed by atoms with van der Waals surface area (Å²) in [6.07, 6.45) is 17.7. The van der Waals surface area contributed by atoms with Gasteiger partial charge in [0.05, 0.1) is 0 Å². The van der Waals surface area contributed by atoms with E-state index in [2.05, 4.69) is 90.3 Å². The predicted octanol–water partition coefficient (Wildman–Crippen LogP) is 5.50. The molecule has 2 heteroatoms. The lowest BCUT2D eigenvalue weighted by molar-refractivity contribution is -0.122. The highest BCUT2D eigenvalue weighted by Crippen LogP contribution is 2.50. The first kappa shape index (κ1) is 21.4. The molecule has 0 radical (unpaired) electrons. The Morgan fingerprint density at radius 3 is 2.58 bits per heavy atom. The first-order valence-corrected chi connectivity index (χ1v) is 13.1. The van der Waals surface area contributed by atoms with Gasteiger partial charge in [0.1, 0.15) is 5.78 Å². The first-order valence-electron chi connectivity index (χ1n) is 13.1. The molecular formula is C34H29NO. The van der Waals surface area contributed by atoms with Crippen LogP contribution in [-0.2, 0) is 11.2 Å². The van der Waals surface area contributed by atoms with Crippen LogP contribution in [0.15, 0.2) is 103 Å². The van der Waals surface area contributed by atoms with Crippen molar-refractivity contribution in [3.63, 3.8) is 0 Å². The SMILES string of the molecule is O=C(C1C=c2c(ccc3c2=CCc2ccccc2-3)C(C2=CC=CC=CN2)C1)C1CC1c1ccccc1. The number of rotatable bonds is 4. The fourth-order valence-electron chi connectivity index (χ4n) is 6.46. The normalized spacial score (nSPS) is 25.1. The van der Waals surface area contributed by atoms with Crippen LogP contribution in [0.3, 0.4) is 0 Å². The van der Waals surface area contributed by atoms with Crippen LogP contribution in [0.1, 0.15) is 41.4 Å². The third-order valence-electron chi connectivity index (χ3n) is 8.36. The van der Waals surface area contributed by atoms with E-state index in [9.17, 15) is 4.79 Å². The largest absolute Gasteiger partial charge is 0.364 e. The van der Waals surface area contributed by atoms with Gasteiger partial charge < -0.3 is 5.32 Å². The van der Waals surface area contributed by atoms with E-state index >= 15 is 0 Å². The van der Waals surface area contributed by atoms with Crippen LogP contribution >= 0.6 is 0 Å². The van der Waals surface area contributed by atoms with Gasteiger partial charge in [-0.25, -0.2) is 0 Å². The van der Waals surface area contributed by atoms with Gasteiger partial charge in [0, 0.05) is 29.7 Å². The Balaban J connectivity index is 1.33. The van der Waals surface area contributed by atoms with Gasteiger partial charge in [-0.1, -0.05) is 91.0 Å². The van der Waals surface area contributed by atoms with Crippen LogP contribution in [0.4, 0.5) is 0 Å². The second-order valence-electron chi connectivity index (χ2n) is 10.4. The lowest BCUT2D eigenvalue weighted by Crippen LogP contribution is -2.40. The molecule has 2 nitrogen and oxygen atoms in total. The Morgan fingerprint density at radius 2 is 1.67 bits per heavy atom. The summed E-state index contributed by atoms with van der Waals surface area (Å²) in [7, 11) is 0. The van der Waals surface area contributed by atoms with Gasteiger partial charge in [0.25, 0.3) is 0 Å². The predicted molar refractivity (Wildman–Crippen MR) is 146 cm³/mol. The van der Waals surface area contributed by atoms with E-state index < -0.39 is 0 Å². The Bertz CT molecular complexity index is 1570. The number of nitrogens with one attached hydrogen (secondary N) is 1. The van der Waals surface area contributed by atoms with Gasteiger partial charge in [-0.05, 0) is 75.6 Å². The third kappa shape index (κ3) is 3.60. The van der Waals surface area contributed by atoms with E-state index in [1.54, 1.807) is 0 Å². The molecule has 3 aromatic rings. The summed E-state index contributed by atoms with van der Waals surface area (Å²) in [6, 6.07) is 23.9. The highest BCUT2D eigenvalue weighted by molar-refractivity contribution is 5.92. The van der Waals surface area contributed by atoms with Gasteiger partial charge in [-0.2, -0.15) is 0 Å². The van der Waals surface area contributed by atoms with Crippen molar-refractivity contribution in [1.29, 1.82) is 0 Å². The zero-order valence-electron chi connectivity index (χ0n) is 20.2. The number of carbonyl (C=O) groups excluding carboxylic acids is 1. The minimum Gasteiger partial charge on any atom is -0.364 e. The number of benzene rings is 3. The van der Waals surface area contributed by atoms with Gasteiger partial charge in [0.2, 0.25) is 0 Å². The topological polar surface area (TPSA) is 29.1 Å². The number of carbonyl (C=O) groups is 1. The average molecular weight is 468 g/mol. The fourth-order valence-corrected chi connectivity index (χ4v) is 6.46. The van der Waals surface area contributed by atoms with Crippen molar-refractivity contribution < 1.29 is 4.79 Å². The molecule has 1 N–H and O–H groups in total. The molecule has 4 unspecified atom stereocenters. The highest BCUT2D eigenvalue weighted by Gasteiger charge is 2.46. The molecule has 1 heterocycles. The van der Waals surface area contributed by atoms with Crippen molar-refractivity contribution in [3.8, 4) is 11.1 Å². The molecule has 1 fully saturated rings. The monoisotopic (exact) mass is 467 g/mol. The Hall–Kier alpha value is -3.91. The van der Waals surface area contributed by atoms with E-state index in [1.165, 1.54) is 44.0 Å². The molecular weight excluding hydrogens is 438 g/mol. The first-order chi connectivity index (χ1) is 17.8. The van der Waals surface area contributed by atoms with Crippen molar-refractivity contribution >= 4 is 17.9 Å². The second kappa shape index (κ2) is 8.64. The van der Waals surface area contributed by atoms with Crippen LogP contribution < -0.4 is 15.8 Å². The van der Waals surface area contributed by atoms with Crippen LogP contribution in [0, 0.1) is 11.8 Å². The fraction of sp³-hybridized carbons (Fsp3) is 0.206. The molecule has 0 aromatic heterocycles. The van der Waals surface area contributed by atoms with E-state index in [4.69, 9.17) is 0 Å². The van der Waals surface area contributed by atoms with E-state index in [1.807, 2.05) is 24.4 Å². The minimum atomic E-state index is -0.0720. The molecule has 7 rings (SSSR count). The van der Waals surface area contributed by atoms with E-state index in [-0.39, 0.29) is 17.8 Å². The maximum atomic E-state index is 13.9. The van der Waals surface area contributed by atoms with Crippen molar-refractivity contribution in [2.24, 2.45) is 11.8 Å². The van der Waals surface area contributed by atoms with Crippen molar-refractivity contribution in [2.45, 2.75) is 31.1 Å². The van der Waals surface area contributed by atoms with E-state index in [0.29, 0.717) is 11.7 Å². The second-order valence-corrected chi connectivity index (χ2v) is 10.4. The molecule has 4 aliphatic rings. The zero-order chi connectivity index (χ0) is 24.1. The van der Waals surface area contributed by atoms with Crippen LogP contribution in [0.25, 0.3) is 23.3 Å². The smallest absolute Gasteiger partial charge is 0.143 e.